The Bertz CT molecular complexity index is 1230. The third-order valence-corrected chi connectivity index (χ3v) is 6.84. The number of carbonyl (C=O) groups is 1. The molecule has 4 aromatic rings. The van der Waals surface area contributed by atoms with Gasteiger partial charge in [0.05, 0.1) is 15.7 Å². The van der Waals surface area contributed by atoms with Crippen LogP contribution in [0.4, 0.5) is 5.69 Å². The van der Waals surface area contributed by atoms with E-state index in [1.165, 1.54) is 16.7 Å². The normalized spacial score (nSPS) is 15.2. The van der Waals surface area contributed by atoms with Crippen LogP contribution in [0.3, 0.4) is 0 Å². The zero-order valence-electron chi connectivity index (χ0n) is 18.1. The third kappa shape index (κ3) is 4.58. The first-order chi connectivity index (χ1) is 15.7. The summed E-state index contributed by atoms with van der Waals surface area (Å²) in [5, 5.41) is 3.04. The highest BCUT2D eigenvalue weighted by molar-refractivity contribution is 7.16. The summed E-state index contributed by atoms with van der Waals surface area (Å²) in [6.45, 7) is 5.05. The monoisotopic (exact) mass is 442 g/mol. The number of piperazine rings is 1. The first kappa shape index (κ1) is 20.8. The van der Waals surface area contributed by atoms with E-state index in [0.717, 1.165) is 48.6 Å². The summed E-state index contributed by atoms with van der Waals surface area (Å²) in [6, 6.07) is 22.3. The van der Waals surface area contributed by atoms with Gasteiger partial charge >= 0.3 is 0 Å². The fourth-order valence-corrected chi connectivity index (χ4v) is 4.81. The molecule has 1 aromatic heterocycles. The number of anilines is 1. The van der Waals surface area contributed by atoms with Gasteiger partial charge in [-0.05, 0) is 54.1 Å². The van der Waals surface area contributed by atoms with Crippen LogP contribution in [-0.2, 0) is 6.54 Å². The summed E-state index contributed by atoms with van der Waals surface area (Å²) in [6.07, 6.45) is 0. The van der Waals surface area contributed by atoms with Crippen LogP contribution in [0.15, 0.2) is 72.2 Å². The van der Waals surface area contributed by atoms with E-state index in [0.29, 0.717) is 5.56 Å². The lowest BCUT2D eigenvalue weighted by Crippen LogP contribution is -2.43. The van der Waals surface area contributed by atoms with Crippen LogP contribution in [0.1, 0.15) is 15.9 Å². The molecule has 3 aromatic carbocycles. The Hall–Kier alpha value is -3.06. The third-order valence-electron chi connectivity index (χ3n) is 6.03. The molecule has 2 heterocycles. The van der Waals surface area contributed by atoms with Gasteiger partial charge in [-0.3, -0.25) is 9.69 Å². The lowest BCUT2D eigenvalue weighted by molar-refractivity contribution is 0.102. The van der Waals surface area contributed by atoms with Gasteiger partial charge in [0.25, 0.3) is 5.91 Å². The first-order valence-corrected chi connectivity index (χ1v) is 11.8. The molecule has 0 unspecified atom stereocenters. The Morgan fingerprint density at radius 3 is 2.62 bits per heavy atom. The van der Waals surface area contributed by atoms with Crippen molar-refractivity contribution in [1.82, 2.24) is 14.8 Å². The van der Waals surface area contributed by atoms with Crippen molar-refractivity contribution >= 4 is 33.1 Å². The molecule has 0 spiro atoms. The van der Waals surface area contributed by atoms with Gasteiger partial charge in [-0.25, -0.2) is 4.98 Å². The van der Waals surface area contributed by atoms with Crippen molar-refractivity contribution < 1.29 is 4.79 Å². The molecule has 6 heteroatoms. The van der Waals surface area contributed by atoms with Crippen molar-refractivity contribution in [3.05, 3.63) is 83.4 Å². The Kier molecular flexibility index (Phi) is 5.99. The topological polar surface area (TPSA) is 48.5 Å². The molecule has 1 fully saturated rings. The van der Waals surface area contributed by atoms with Crippen molar-refractivity contribution in [1.29, 1.82) is 0 Å². The lowest BCUT2D eigenvalue weighted by Gasteiger charge is -2.33. The number of carbonyl (C=O) groups excluding carboxylic acids is 1. The molecule has 1 saturated heterocycles. The fourth-order valence-electron chi connectivity index (χ4n) is 4.15. The predicted molar refractivity (Wildman–Crippen MR) is 132 cm³/mol. The number of nitrogens with one attached hydrogen (secondary N) is 1. The maximum Gasteiger partial charge on any atom is 0.255 e. The predicted octanol–water partition coefficient (Wildman–Crippen LogP) is 4.96. The highest BCUT2D eigenvalue weighted by atomic mass is 32.1. The number of nitrogens with zero attached hydrogens (tertiary/aromatic N) is 3. The molecule has 1 aliphatic heterocycles. The fraction of sp³-hybridized carbons (Fsp3) is 0.231. The smallest absolute Gasteiger partial charge is 0.255 e. The average molecular weight is 443 g/mol. The van der Waals surface area contributed by atoms with Crippen LogP contribution in [0.2, 0.25) is 0 Å². The molecule has 0 atom stereocenters. The summed E-state index contributed by atoms with van der Waals surface area (Å²) in [5.74, 6) is -0.0983. The summed E-state index contributed by atoms with van der Waals surface area (Å²) in [5.41, 5.74) is 7.71. The summed E-state index contributed by atoms with van der Waals surface area (Å²) in [7, 11) is 2.17. The van der Waals surface area contributed by atoms with Gasteiger partial charge in [0.1, 0.15) is 0 Å². The zero-order valence-corrected chi connectivity index (χ0v) is 18.9. The maximum atomic E-state index is 13.1. The number of fused-ring (bicyclic) bond motifs is 1. The van der Waals surface area contributed by atoms with Gasteiger partial charge in [-0.1, -0.05) is 36.4 Å². The van der Waals surface area contributed by atoms with Crippen molar-refractivity contribution in [3.63, 3.8) is 0 Å². The number of amides is 1. The second kappa shape index (κ2) is 9.20. The Morgan fingerprint density at radius 2 is 1.81 bits per heavy atom. The van der Waals surface area contributed by atoms with Gasteiger partial charge < -0.3 is 10.2 Å². The second-order valence-electron chi connectivity index (χ2n) is 8.31. The highest BCUT2D eigenvalue weighted by Gasteiger charge is 2.18. The summed E-state index contributed by atoms with van der Waals surface area (Å²) < 4.78 is 1.12. The number of thiazole rings is 1. The van der Waals surface area contributed by atoms with Crippen molar-refractivity contribution in [2.45, 2.75) is 6.54 Å². The van der Waals surface area contributed by atoms with Crippen LogP contribution in [0.5, 0.6) is 0 Å². The zero-order chi connectivity index (χ0) is 21.9. The van der Waals surface area contributed by atoms with Gasteiger partial charge in [-0.15, -0.1) is 11.3 Å². The second-order valence-corrected chi connectivity index (χ2v) is 9.19. The van der Waals surface area contributed by atoms with Gasteiger partial charge in [0.2, 0.25) is 0 Å². The number of hydrogen-bond donors (Lipinski definition) is 1. The van der Waals surface area contributed by atoms with Crippen LogP contribution >= 0.6 is 11.3 Å². The number of likely N-dealkylation sites (N-methyl/N-ethyl adjacent to an activating group) is 1. The van der Waals surface area contributed by atoms with E-state index in [2.05, 4.69) is 63.5 Å². The van der Waals surface area contributed by atoms with E-state index < -0.39 is 0 Å². The van der Waals surface area contributed by atoms with Crippen LogP contribution in [0, 0.1) is 0 Å². The summed E-state index contributed by atoms with van der Waals surface area (Å²) >= 11 is 1.60. The number of benzene rings is 3. The average Bonchev–Trinajstić information content (AvgIpc) is 3.29. The van der Waals surface area contributed by atoms with E-state index >= 15 is 0 Å². The molecule has 0 aliphatic carbocycles. The molecule has 5 nitrogen and oxygen atoms in total. The quantitative estimate of drug-likeness (QED) is 0.474. The number of hydrogen-bond acceptors (Lipinski definition) is 5. The molecule has 1 amide bonds. The Morgan fingerprint density at radius 1 is 1.00 bits per heavy atom. The van der Waals surface area contributed by atoms with E-state index in [9.17, 15) is 4.79 Å². The van der Waals surface area contributed by atoms with E-state index in [1.54, 1.807) is 11.3 Å². The molecular weight excluding hydrogens is 416 g/mol. The minimum Gasteiger partial charge on any atom is -0.322 e. The Labute approximate surface area is 192 Å². The molecular formula is C26H26N4OS. The largest absolute Gasteiger partial charge is 0.322 e. The lowest BCUT2D eigenvalue weighted by atomic mass is 9.96. The van der Waals surface area contributed by atoms with E-state index in [1.807, 2.05) is 35.8 Å². The minimum atomic E-state index is -0.0983. The molecule has 5 rings (SSSR count). The van der Waals surface area contributed by atoms with Gasteiger partial charge in [-0.2, -0.15) is 0 Å². The Balaban J connectivity index is 1.42. The van der Waals surface area contributed by atoms with E-state index in [-0.39, 0.29) is 5.91 Å². The SMILES string of the molecule is CN1CCN(Cc2cc(C(=O)Nc3ccc4scnc4c3)ccc2-c2ccccc2)CC1. The first-order valence-electron chi connectivity index (χ1n) is 10.9. The minimum absolute atomic E-state index is 0.0983. The van der Waals surface area contributed by atoms with Crippen molar-refractivity contribution in [2.75, 3.05) is 38.5 Å². The highest BCUT2D eigenvalue weighted by Crippen LogP contribution is 2.27. The molecule has 1 aliphatic rings. The summed E-state index contributed by atoms with van der Waals surface area (Å²) in [4.78, 5) is 22.3. The standard InChI is InChI=1S/C26H26N4OS/c1-29-11-13-30(14-12-29)17-21-15-20(7-9-23(21)19-5-3-2-4-6-19)26(31)28-22-8-10-25-24(16-22)27-18-32-25/h2-10,15-16,18H,11-14,17H2,1H3,(H,28,31). The molecule has 0 saturated carbocycles. The molecule has 162 valence electrons. The van der Waals surface area contributed by atoms with Gasteiger partial charge in [0, 0.05) is 44.0 Å². The molecule has 0 radical (unpaired) electrons. The van der Waals surface area contributed by atoms with Crippen molar-refractivity contribution in [2.24, 2.45) is 0 Å². The molecule has 0 bridgehead atoms. The van der Waals surface area contributed by atoms with Crippen LogP contribution in [0.25, 0.3) is 21.3 Å². The number of rotatable bonds is 5. The maximum absolute atomic E-state index is 13.1. The molecule has 32 heavy (non-hydrogen) atoms. The van der Waals surface area contributed by atoms with Gasteiger partial charge in [0.15, 0.2) is 0 Å². The molecule has 1 N–H and O–H groups in total. The van der Waals surface area contributed by atoms with Crippen LogP contribution < -0.4 is 5.32 Å². The van der Waals surface area contributed by atoms with Crippen LogP contribution in [-0.4, -0.2) is 53.9 Å². The van der Waals surface area contributed by atoms with E-state index in [4.69, 9.17) is 0 Å². The van der Waals surface area contributed by atoms with Crippen molar-refractivity contribution in [3.8, 4) is 11.1 Å². The number of aromatic nitrogens is 1.